The molecule has 2 aromatic rings. The van der Waals surface area contributed by atoms with Crippen molar-refractivity contribution in [2.45, 2.75) is 19.3 Å². The van der Waals surface area contributed by atoms with Crippen molar-refractivity contribution in [1.29, 1.82) is 0 Å². The number of fused-ring (bicyclic) bond motifs is 1. The summed E-state index contributed by atoms with van der Waals surface area (Å²) in [6, 6.07) is 5.84. The Morgan fingerprint density at radius 3 is 3.22 bits per heavy atom. The fourth-order valence-electron chi connectivity index (χ4n) is 2.99. The molecule has 7 heteroatoms. The molecule has 0 radical (unpaired) electrons. The van der Waals surface area contributed by atoms with Gasteiger partial charge in [0.1, 0.15) is 0 Å². The molecule has 0 unspecified atom stereocenters. The van der Waals surface area contributed by atoms with Gasteiger partial charge in [0.2, 0.25) is 11.9 Å². The number of nitrogens with zero attached hydrogens (tertiary/aromatic N) is 4. The molecule has 23 heavy (non-hydrogen) atoms. The lowest BCUT2D eigenvalue weighted by Crippen LogP contribution is -2.44. The maximum Gasteiger partial charge on any atom is 0.231 e. The van der Waals surface area contributed by atoms with Crippen LogP contribution in [0.5, 0.6) is 0 Å². The number of amides is 1. The molecule has 1 aliphatic rings. The number of hydrogen-bond acceptors (Lipinski definition) is 5. The summed E-state index contributed by atoms with van der Waals surface area (Å²) >= 11 is 0. The molecule has 1 N–H and O–H groups in total. The summed E-state index contributed by atoms with van der Waals surface area (Å²) in [4.78, 5) is 14.5. The van der Waals surface area contributed by atoms with Gasteiger partial charge in [0.05, 0.1) is 5.92 Å². The second-order valence-corrected chi connectivity index (χ2v) is 5.85. The van der Waals surface area contributed by atoms with Crippen LogP contribution >= 0.6 is 0 Å². The Labute approximate surface area is 135 Å². The molecule has 1 saturated heterocycles. The number of carbonyl (C=O) groups is 1. The Morgan fingerprint density at radius 1 is 1.43 bits per heavy atom. The zero-order chi connectivity index (χ0) is 16.1. The number of pyridine rings is 1. The molecule has 0 spiro atoms. The fourth-order valence-corrected chi connectivity index (χ4v) is 2.99. The van der Waals surface area contributed by atoms with Gasteiger partial charge in [0.25, 0.3) is 0 Å². The van der Waals surface area contributed by atoms with Crippen molar-refractivity contribution in [3.63, 3.8) is 0 Å². The van der Waals surface area contributed by atoms with Gasteiger partial charge in [0, 0.05) is 39.5 Å². The first-order valence-electron chi connectivity index (χ1n) is 8.11. The van der Waals surface area contributed by atoms with E-state index in [0.29, 0.717) is 19.7 Å². The molecular formula is C16H23N5O2. The highest BCUT2D eigenvalue weighted by atomic mass is 16.5. The zero-order valence-electron chi connectivity index (χ0n) is 13.4. The lowest BCUT2D eigenvalue weighted by atomic mass is 9.97. The van der Waals surface area contributed by atoms with Gasteiger partial charge in [-0.1, -0.05) is 6.07 Å². The van der Waals surface area contributed by atoms with Crippen molar-refractivity contribution in [1.82, 2.24) is 19.9 Å². The Hall–Kier alpha value is -2.15. The predicted molar refractivity (Wildman–Crippen MR) is 87.4 cm³/mol. The summed E-state index contributed by atoms with van der Waals surface area (Å²) in [5.74, 6) is 0.944. The lowest BCUT2D eigenvalue weighted by molar-refractivity contribution is -0.125. The molecule has 0 saturated carbocycles. The van der Waals surface area contributed by atoms with Crippen molar-refractivity contribution < 1.29 is 9.53 Å². The van der Waals surface area contributed by atoms with Crippen LogP contribution < -0.4 is 10.2 Å². The number of ether oxygens (including phenoxy) is 1. The first kappa shape index (κ1) is 15.7. The number of piperidine rings is 1. The van der Waals surface area contributed by atoms with Crippen molar-refractivity contribution in [2.75, 3.05) is 38.3 Å². The number of carbonyl (C=O) groups excluding carboxylic acids is 1. The molecule has 3 rings (SSSR count). The Morgan fingerprint density at radius 2 is 2.35 bits per heavy atom. The molecule has 0 aliphatic carbocycles. The highest BCUT2D eigenvalue weighted by Gasteiger charge is 2.27. The quantitative estimate of drug-likeness (QED) is 0.808. The van der Waals surface area contributed by atoms with Gasteiger partial charge in [-0.05, 0) is 31.4 Å². The number of rotatable bonds is 6. The Bertz CT molecular complexity index is 657. The SMILES string of the molecule is COCCCNC(=O)[C@H]1CCCN(c2nnc3ccccn23)C1. The summed E-state index contributed by atoms with van der Waals surface area (Å²) in [7, 11) is 1.67. The van der Waals surface area contributed by atoms with Crippen LogP contribution in [0.3, 0.4) is 0 Å². The van der Waals surface area contributed by atoms with E-state index in [1.54, 1.807) is 7.11 Å². The van der Waals surface area contributed by atoms with Gasteiger partial charge < -0.3 is 15.0 Å². The van der Waals surface area contributed by atoms with Crippen LogP contribution in [-0.4, -0.2) is 53.9 Å². The van der Waals surface area contributed by atoms with E-state index in [2.05, 4.69) is 20.4 Å². The van der Waals surface area contributed by atoms with Gasteiger partial charge in [-0.2, -0.15) is 0 Å². The third kappa shape index (κ3) is 3.61. The monoisotopic (exact) mass is 317 g/mol. The van der Waals surface area contributed by atoms with E-state index in [-0.39, 0.29) is 11.8 Å². The topological polar surface area (TPSA) is 71.8 Å². The van der Waals surface area contributed by atoms with E-state index in [9.17, 15) is 4.79 Å². The Kier molecular flexibility index (Phi) is 5.07. The van der Waals surface area contributed by atoms with Gasteiger partial charge in [-0.15, -0.1) is 10.2 Å². The van der Waals surface area contributed by atoms with Crippen LogP contribution in [0.15, 0.2) is 24.4 Å². The number of aromatic nitrogens is 3. The first-order valence-corrected chi connectivity index (χ1v) is 8.11. The van der Waals surface area contributed by atoms with E-state index in [1.807, 2.05) is 28.8 Å². The number of hydrogen-bond donors (Lipinski definition) is 1. The number of methoxy groups -OCH3 is 1. The van der Waals surface area contributed by atoms with E-state index >= 15 is 0 Å². The lowest BCUT2D eigenvalue weighted by Gasteiger charge is -2.31. The summed E-state index contributed by atoms with van der Waals surface area (Å²) in [5, 5.41) is 11.5. The van der Waals surface area contributed by atoms with Crippen LogP contribution in [0, 0.1) is 5.92 Å². The average molecular weight is 317 g/mol. The van der Waals surface area contributed by atoms with E-state index in [4.69, 9.17) is 4.74 Å². The summed E-state index contributed by atoms with van der Waals surface area (Å²) in [6.07, 6.45) is 4.70. The molecule has 0 bridgehead atoms. The van der Waals surface area contributed by atoms with Crippen molar-refractivity contribution in [3.8, 4) is 0 Å². The molecular weight excluding hydrogens is 294 g/mol. The molecule has 7 nitrogen and oxygen atoms in total. The molecule has 0 aromatic carbocycles. The summed E-state index contributed by atoms with van der Waals surface area (Å²) < 4.78 is 6.97. The number of anilines is 1. The van der Waals surface area contributed by atoms with Crippen LogP contribution in [0.4, 0.5) is 5.95 Å². The molecule has 1 aliphatic heterocycles. The first-order chi connectivity index (χ1) is 11.3. The van der Waals surface area contributed by atoms with E-state index in [0.717, 1.165) is 37.4 Å². The fraction of sp³-hybridized carbons (Fsp3) is 0.562. The minimum absolute atomic E-state index is 0.00218. The van der Waals surface area contributed by atoms with Gasteiger partial charge in [0.15, 0.2) is 5.65 Å². The van der Waals surface area contributed by atoms with Crippen LogP contribution in [0.2, 0.25) is 0 Å². The van der Waals surface area contributed by atoms with Crippen molar-refractivity contribution in [2.24, 2.45) is 5.92 Å². The normalized spacial score (nSPS) is 18.3. The molecule has 1 atom stereocenters. The van der Waals surface area contributed by atoms with Crippen LogP contribution in [-0.2, 0) is 9.53 Å². The summed E-state index contributed by atoms with van der Waals surface area (Å²) in [5.41, 5.74) is 0.827. The van der Waals surface area contributed by atoms with Gasteiger partial charge >= 0.3 is 0 Å². The molecule has 1 amide bonds. The largest absolute Gasteiger partial charge is 0.385 e. The second-order valence-electron chi connectivity index (χ2n) is 5.85. The van der Waals surface area contributed by atoms with Crippen molar-refractivity contribution in [3.05, 3.63) is 24.4 Å². The van der Waals surface area contributed by atoms with Gasteiger partial charge in [-0.25, -0.2) is 0 Å². The third-order valence-corrected chi connectivity index (χ3v) is 4.20. The molecule has 3 heterocycles. The molecule has 124 valence electrons. The maximum atomic E-state index is 12.3. The minimum atomic E-state index is 0.00218. The second kappa shape index (κ2) is 7.41. The third-order valence-electron chi connectivity index (χ3n) is 4.20. The van der Waals surface area contributed by atoms with Gasteiger partial charge in [-0.3, -0.25) is 9.20 Å². The number of nitrogens with one attached hydrogen (secondary N) is 1. The maximum absolute atomic E-state index is 12.3. The molecule has 1 fully saturated rings. The smallest absolute Gasteiger partial charge is 0.231 e. The Balaban J connectivity index is 1.63. The standard InChI is InChI=1S/C16H23N5O2/c1-23-11-5-8-17-15(22)13-6-4-9-20(12-13)16-19-18-14-7-2-3-10-21(14)16/h2-3,7,10,13H,4-6,8-9,11-12H2,1H3,(H,17,22)/t13-/m0/s1. The van der Waals surface area contributed by atoms with E-state index < -0.39 is 0 Å². The zero-order valence-corrected chi connectivity index (χ0v) is 13.4. The summed E-state index contributed by atoms with van der Waals surface area (Å²) in [6.45, 7) is 2.93. The predicted octanol–water partition coefficient (Wildman–Crippen LogP) is 1.10. The minimum Gasteiger partial charge on any atom is -0.385 e. The van der Waals surface area contributed by atoms with Crippen molar-refractivity contribution >= 4 is 17.5 Å². The van der Waals surface area contributed by atoms with Crippen LogP contribution in [0.1, 0.15) is 19.3 Å². The average Bonchev–Trinajstić information content (AvgIpc) is 3.03. The highest BCUT2D eigenvalue weighted by Crippen LogP contribution is 2.22. The molecule has 2 aromatic heterocycles. The highest BCUT2D eigenvalue weighted by molar-refractivity contribution is 5.79. The van der Waals surface area contributed by atoms with E-state index in [1.165, 1.54) is 0 Å². The van der Waals surface area contributed by atoms with Crippen LogP contribution in [0.25, 0.3) is 5.65 Å².